The predicted octanol–water partition coefficient (Wildman–Crippen LogP) is 1.57. The maximum atomic E-state index is 11.1. The van der Waals surface area contributed by atoms with E-state index in [1.807, 2.05) is 19.1 Å². The van der Waals surface area contributed by atoms with Crippen LogP contribution in [0.1, 0.15) is 28.8 Å². The molecule has 0 spiro atoms. The van der Waals surface area contributed by atoms with Crippen molar-refractivity contribution in [2.24, 2.45) is 11.7 Å². The molecule has 0 radical (unpaired) electrons. The van der Waals surface area contributed by atoms with Crippen molar-refractivity contribution in [3.05, 3.63) is 29.3 Å². The zero-order chi connectivity index (χ0) is 13.4. The smallest absolute Gasteiger partial charge is 0.248 e. The summed E-state index contributed by atoms with van der Waals surface area (Å²) in [4.78, 5) is 13.6. The minimum absolute atomic E-state index is 0.387. The number of hydrogen-bond donors (Lipinski definition) is 1. The molecule has 1 amide bonds. The fourth-order valence-electron chi connectivity index (χ4n) is 2.43. The average Bonchev–Trinajstić information content (AvgIpc) is 3.25. The summed E-state index contributed by atoms with van der Waals surface area (Å²) < 4.78 is 5.78. The lowest BCUT2D eigenvalue weighted by Gasteiger charge is -2.09. The predicted molar refractivity (Wildman–Crippen MR) is 73.3 cm³/mol. The van der Waals surface area contributed by atoms with Gasteiger partial charge >= 0.3 is 0 Å². The number of ether oxygens (including phenoxy) is 1. The highest BCUT2D eigenvalue weighted by molar-refractivity contribution is 5.94. The van der Waals surface area contributed by atoms with Gasteiger partial charge in [-0.2, -0.15) is 0 Å². The molecule has 0 bridgehead atoms. The summed E-state index contributed by atoms with van der Waals surface area (Å²) in [6, 6.07) is 6.02. The Bertz CT molecular complexity index is 497. The molecular formula is C15H20N2O2. The summed E-state index contributed by atoms with van der Waals surface area (Å²) in [5.74, 6) is 1.38. The Labute approximate surface area is 113 Å². The largest absolute Gasteiger partial charge is 0.492 e. The van der Waals surface area contributed by atoms with Crippen molar-refractivity contribution in [2.45, 2.75) is 25.8 Å². The van der Waals surface area contributed by atoms with Crippen LogP contribution in [0.5, 0.6) is 5.75 Å². The van der Waals surface area contributed by atoms with Crippen LogP contribution in [0.25, 0.3) is 0 Å². The molecule has 4 nitrogen and oxygen atoms in total. The van der Waals surface area contributed by atoms with Gasteiger partial charge in [-0.1, -0.05) is 0 Å². The molecule has 1 aliphatic carbocycles. The van der Waals surface area contributed by atoms with Crippen molar-refractivity contribution < 1.29 is 9.53 Å². The van der Waals surface area contributed by atoms with E-state index in [9.17, 15) is 4.79 Å². The van der Waals surface area contributed by atoms with E-state index in [0.717, 1.165) is 30.4 Å². The van der Waals surface area contributed by atoms with Gasteiger partial charge in [0, 0.05) is 18.7 Å². The third-order valence-electron chi connectivity index (χ3n) is 3.92. The number of hydrogen-bond acceptors (Lipinski definition) is 3. The third kappa shape index (κ3) is 3.07. The van der Waals surface area contributed by atoms with E-state index in [1.54, 1.807) is 6.07 Å². The van der Waals surface area contributed by atoms with E-state index in [2.05, 4.69) is 4.90 Å². The zero-order valence-electron chi connectivity index (χ0n) is 11.3. The zero-order valence-corrected chi connectivity index (χ0v) is 11.3. The Morgan fingerprint density at radius 3 is 2.89 bits per heavy atom. The number of primary amides is 1. The standard InChI is InChI=1S/C15H20N2O2/c1-10-6-13(4-5-14(10)15(16)18)19-9-12-8-17(12)7-11-2-3-11/h4-6,11-12H,2-3,7-9H2,1H3,(H2,16,18). The van der Waals surface area contributed by atoms with Crippen LogP contribution in [-0.2, 0) is 0 Å². The maximum absolute atomic E-state index is 11.1. The van der Waals surface area contributed by atoms with Crippen molar-refractivity contribution in [1.29, 1.82) is 0 Å². The van der Waals surface area contributed by atoms with Crippen LogP contribution < -0.4 is 10.5 Å². The van der Waals surface area contributed by atoms with Crippen LogP contribution in [0.4, 0.5) is 0 Å². The van der Waals surface area contributed by atoms with Crippen molar-refractivity contribution in [3.8, 4) is 5.75 Å². The third-order valence-corrected chi connectivity index (χ3v) is 3.92. The van der Waals surface area contributed by atoms with E-state index in [0.29, 0.717) is 11.6 Å². The van der Waals surface area contributed by atoms with Gasteiger partial charge in [0.1, 0.15) is 12.4 Å². The fraction of sp³-hybridized carbons (Fsp3) is 0.533. The molecule has 102 valence electrons. The van der Waals surface area contributed by atoms with Gasteiger partial charge in [-0.15, -0.1) is 0 Å². The Hall–Kier alpha value is -1.55. The van der Waals surface area contributed by atoms with Gasteiger partial charge in [0.05, 0.1) is 6.04 Å². The summed E-state index contributed by atoms with van der Waals surface area (Å²) >= 11 is 0. The molecule has 1 aromatic carbocycles. The summed E-state index contributed by atoms with van der Waals surface area (Å²) in [5.41, 5.74) is 6.72. The van der Waals surface area contributed by atoms with Crippen LogP contribution in [0.15, 0.2) is 18.2 Å². The molecule has 2 atom stereocenters. The lowest BCUT2D eigenvalue weighted by atomic mass is 10.1. The van der Waals surface area contributed by atoms with Crippen LogP contribution in [0.3, 0.4) is 0 Å². The highest BCUT2D eigenvalue weighted by Crippen LogP contribution is 2.33. The summed E-state index contributed by atoms with van der Waals surface area (Å²) in [6.07, 6.45) is 2.80. The molecule has 0 aromatic heterocycles. The number of nitrogens with two attached hydrogens (primary N) is 1. The highest BCUT2D eigenvalue weighted by atomic mass is 16.5. The molecular weight excluding hydrogens is 240 g/mol. The maximum Gasteiger partial charge on any atom is 0.248 e. The van der Waals surface area contributed by atoms with Crippen LogP contribution >= 0.6 is 0 Å². The van der Waals surface area contributed by atoms with E-state index < -0.39 is 0 Å². The lowest BCUT2D eigenvalue weighted by molar-refractivity contribution is 0.0999. The van der Waals surface area contributed by atoms with Gasteiger partial charge in [-0.05, 0) is 49.4 Å². The molecule has 1 saturated carbocycles. The second kappa shape index (κ2) is 4.85. The summed E-state index contributed by atoms with van der Waals surface area (Å²) in [7, 11) is 0. The van der Waals surface area contributed by atoms with E-state index in [-0.39, 0.29) is 5.91 Å². The molecule has 3 rings (SSSR count). The topological polar surface area (TPSA) is 55.3 Å². The quantitative estimate of drug-likeness (QED) is 0.790. The number of rotatable bonds is 6. The number of benzene rings is 1. The number of aryl methyl sites for hydroxylation is 1. The summed E-state index contributed by atoms with van der Waals surface area (Å²) in [6.45, 7) is 5.02. The SMILES string of the molecule is Cc1cc(OCC2CN2CC2CC2)ccc1C(N)=O. The second-order valence-electron chi connectivity index (χ2n) is 5.70. The van der Waals surface area contributed by atoms with Gasteiger partial charge in [-0.25, -0.2) is 0 Å². The molecule has 1 aliphatic heterocycles. The molecule has 2 fully saturated rings. The molecule has 2 N–H and O–H groups in total. The number of amides is 1. The first-order chi connectivity index (χ1) is 9.13. The average molecular weight is 260 g/mol. The van der Waals surface area contributed by atoms with Crippen molar-refractivity contribution >= 4 is 5.91 Å². The second-order valence-corrected chi connectivity index (χ2v) is 5.70. The normalized spacial score (nSPS) is 25.1. The Morgan fingerprint density at radius 1 is 1.47 bits per heavy atom. The molecule has 1 saturated heterocycles. The van der Waals surface area contributed by atoms with Crippen molar-refractivity contribution in [3.63, 3.8) is 0 Å². The molecule has 4 heteroatoms. The van der Waals surface area contributed by atoms with Gasteiger partial charge in [0.15, 0.2) is 0 Å². The minimum atomic E-state index is -0.387. The Morgan fingerprint density at radius 2 is 2.26 bits per heavy atom. The number of nitrogens with zero attached hydrogens (tertiary/aromatic N) is 1. The van der Waals surface area contributed by atoms with Crippen LogP contribution in [-0.4, -0.2) is 36.5 Å². The fourth-order valence-corrected chi connectivity index (χ4v) is 2.43. The first-order valence-corrected chi connectivity index (χ1v) is 6.91. The van der Waals surface area contributed by atoms with E-state index in [1.165, 1.54) is 19.4 Å². The van der Waals surface area contributed by atoms with Gasteiger partial charge in [0.2, 0.25) is 5.91 Å². The van der Waals surface area contributed by atoms with Gasteiger partial charge in [-0.3, -0.25) is 9.69 Å². The Kier molecular flexibility index (Phi) is 3.19. The first kappa shape index (κ1) is 12.5. The molecule has 1 heterocycles. The lowest BCUT2D eigenvalue weighted by Crippen LogP contribution is -2.14. The first-order valence-electron chi connectivity index (χ1n) is 6.91. The molecule has 2 aliphatic rings. The van der Waals surface area contributed by atoms with E-state index in [4.69, 9.17) is 10.5 Å². The van der Waals surface area contributed by atoms with Gasteiger partial charge < -0.3 is 10.5 Å². The monoisotopic (exact) mass is 260 g/mol. The van der Waals surface area contributed by atoms with E-state index >= 15 is 0 Å². The van der Waals surface area contributed by atoms with Crippen molar-refractivity contribution in [2.75, 3.05) is 19.7 Å². The molecule has 2 unspecified atom stereocenters. The van der Waals surface area contributed by atoms with Crippen molar-refractivity contribution in [1.82, 2.24) is 4.90 Å². The minimum Gasteiger partial charge on any atom is -0.492 e. The molecule has 1 aromatic rings. The summed E-state index contributed by atoms with van der Waals surface area (Å²) in [5, 5.41) is 0. The number of carbonyl (C=O) groups excluding carboxylic acids is 1. The highest BCUT2D eigenvalue weighted by Gasteiger charge is 2.38. The van der Waals surface area contributed by atoms with Gasteiger partial charge in [0.25, 0.3) is 0 Å². The number of carbonyl (C=O) groups is 1. The molecule has 19 heavy (non-hydrogen) atoms. The van der Waals surface area contributed by atoms with Crippen LogP contribution in [0, 0.1) is 12.8 Å². The Balaban J connectivity index is 1.50. The van der Waals surface area contributed by atoms with Crippen LogP contribution in [0.2, 0.25) is 0 Å².